The van der Waals surface area contributed by atoms with Gasteiger partial charge in [0.25, 0.3) is 5.91 Å². The first-order valence-electron chi connectivity index (χ1n) is 10.6. The molecule has 32 heavy (non-hydrogen) atoms. The third-order valence-electron chi connectivity index (χ3n) is 5.18. The fourth-order valence-corrected chi connectivity index (χ4v) is 3.76. The molecule has 8 heteroatoms. The molecule has 0 unspecified atom stereocenters. The Labute approximate surface area is 188 Å². The van der Waals surface area contributed by atoms with Gasteiger partial charge in [0.1, 0.15) is 17.6 Å². The largest absolute Gasteiger partial charge is 0.497 e. The number of ether oxygens (including phenoxy) is 5. The Balaban J connectivity index is 2.03. The molecule has 1 saturated heterocycles. The van der Waals surface area contributed by atoms with Gasteiger partial charge in [-0.1, -0.05) is 18.2 Å². The van der Waals surface area contributed by atoms with Crippen LogP contribution >= 0.6 is 0 Å². The Hall–Kier alpha value is -2.68. The standard InChI is InChI=1S/C24H31NO7/c1-15-8-6-10-18(26)22-19(31-24(2,3)32-22)11-7-9-16-12-17(29-5)13-20(30-14-28-4)21(16)23(27)25-15/h6-7,9-10,12-13,15,19,22H,8,11,14H2,1-5H3,(H,25,27)/b9-7+,10-6-/t15-,19+,22+/m0/s1. The van der Waals surface area contributed by atoms with E-state index in [1.165, 1.54) is 13.2 Å². The summed E-state index contributed by atoms with van der Waals surface area (Å²) in [4.78, 5) is 25.9. The van der Waals surface area contributed by atoms with Crippen LogP contribution in [0.25, 0.3) is 6.08 Å². The lowest BCUT2D eigenvalue weighted by Crippen LogP contribution is -2.33. The SMILES string of the molecule is COCOc1cc(OC)cc2c1C(=O)N[C@@H](C)C/C=C\C(=O)[C@H]1OC(C)(C)O[C@@H]1C/C=C/2. The van der Waals surface area contributed by atoms with Crippen LogP contribution in [0.5, 0.6) is 11.5 Å². The van der Waals surface area contributed by atoms with Crippen LogP contribution in [0, 0.1) is 0 Å². The van der Waals surface area contributed by atoms with E-state index in [2.05, 4.69) is 5.32 Å². The summed E-state index contributed by atoms with van der Waals surface area (Å²) >= 11 is 0. The maximum Gasteiger partial charge on any atom is 0.255 e. The van der Waals surface area contributed by atoms with Gasteiger partial charge < -0.3 is 29.0 Å². The Morgan fingerprint density at radius 1 is 1.09 bits per heavy atom. The molecule has 0 aromatic heterocycles. The number of hydrogen-bond acceptors (Lipinski definition) is 7. The minimum atomic E-state index is -0.853. The zero-order valence-electron chi connectivity index (χ0n) is 19.2. The number of methoxy groups -OCH3 is 2. The van der Waals surface area contributed by atoms with E-state index in [-0.39, 0.29) is 24.5 Å². The Bertz CT molecular complexity index is 906. The summed E-state index contributed by atoms with van der Waals surface area (Å²) in [6, 6.07) is 3.21. The summed E-state index contributed by atoms with van der Waals surface area (Å²) in [7, 11) is 3.06. The quantitative estimate of drug-likeness (QED) is 0.711. The summed E-state index contributed by atoms with van der Waals surface area (Å²) in [6.45, 7) is 5.44. The first kappa shape index (κ1) is 24.0. The maximum absolute atomic E-state index is 13.2. The monoisotopic (exact) mass is 445 g/mol. The summed E-state index contributed by atoms with van der Waals surface area (Å²) < 4.78 is 27.9. The number of amides is 1. The number of rotatable bonds is 4. The summed E-state index contributed by atoms with van der Waals surface area (Å²) in [5.74, 6) is -0.399. The van der Waals surface area contributed by atoms with Crippen LogP contribution < -0.4 is 14.8 Å². The van der Waals surface area contributed by atoms with Crippen LogP contribution in [0.3, 0.4) is 0 Å². The molecule has 2 aliphatic rings. The van der Waals surface area contributed by atoms with E-state index >= 15 is 0 Å². The third kappa shape index (κ3) is 5.76. The van der Waals surface area contributed by atoms with Crippen molar-refractivity contribution in [2.45, 2.75) is 57.6 Å². The second-order valence-corrected chi connectivity index (χ2v) is 8.29. The van der Waals surface area contributed by atoms with Crippen molar-refractivity contribution in [2.24, 2.45) is 0 Å². The minimum absolute atomic E-state index is 0.0129. The van der Waals surface area contributed by atoms with Gasteiger partial charge in [0.15, 0.2) is 18.4 Å². The molecular weight excluding hydrogens is 414 g/mol. The molecule has 1 aromatic carbocycles. The highest BCUT2D eigenvalue weighted by atomic mass is 16.8. The van der Waals surface area contributed by atoms with E-state index in [0.29, 0.717) is 35.5 Å². The fourth-order valence-electron chi connectivity index (χ4n) is 3.76. The molecule has 0 saturated carbocycles. The van der Waals surface area contributed by atoms with Gasteiger partial charge in [-0.2, -0.15) is 0 Å². The highest BCUT2D eigenvalue weighted by molar-refractivity contribution is 6.01. The van der Waals surface area contributed by atoms with Gasteiger partial charge in [-0.25, -0.2) is 0 Å². The van der Waals surface area contributed by atoms with E-state index < -0.39 is 18.0 Å². The molecule has 2 heterocycles. The molecule has 3 rings (SSSR count). The van der Waals surface area contributed by atoms with Crippen molar-refractivity contribution in [3.8, 4) is 11.5 Å². The molecule has 0 aliphatic carbocycles. The van der Waals surface area contributed by atoms with Crippen molar-refractivity contribution in [3.63, 3.8) is 0 Å². The van der Waals surface area contributed by atoms with Crippen LogP contribution in [-0.2, 0) is 19.0 Å². The van der Waals surface area contributed by atoms with E-state index in [1.54, 1.807) is 45.2 Å². The molecule has 0 spiro atoms. The highest BCUT2D eigenvalue weighted by Crippen LogP contribution is 2.33. The van der Waals surface area contributed by atoms with Crippen LogP contribution in [0.15, 0.2) is 30.4 Å². The number of ketones is 1. The molecule has 1 N–H and O–H groups in total. The van der Waals surface area contributed by atoms with Crippen LogP contribution in [0.1, 0.15) is 49.5 Å². The molecule has 3 atom stereocenters. The molecule has 0 bridgehead atoms. The lowest BCUT2D eigenvalue weighted by Gasteiger charge is -2.18. The van der Waals surface area contributed by atoms with Crippen molar-refractivity contribution in [3.05, 3.63) is 41.5 Å². The molecular formula is C24H31NO7. The zero-order valence-corrected chi connectivity index (χ0v) is 19.2. The molecule has 8 nitrogen and oxygen atoms in total. The van der Waals surface area contributed by atoms with Gasteiger partial charge in [0.2, 0.25) is 0 Å². The van der Waals surface area contributed by atoms with E-state index in [4.69, 9.17) is 23.7 Å². The number of benzene rings is 1. The van der Waals surface area contributed by atoms with E-state index in [1.807, 2.05) is 13.0 Å². The van der Waals surface area contributed by atoms with Crippen LogP contribution in [-0.4, -0.2) is 56.7 Å². The second-order valence-electron chi connectivity index (χ2n) is 8.29. The average molecular weight is 446 g/mol. The fraction of sp³-hybridized carbons (Fsp3) is 0.500. The number of hydrogen-bond donors (Lipinski definition) is 1. The van der Waals surface area contributed by atoms with Crippen molar-refractivity contribution < 1.29 is 33.3 Å². The topological polar surface area (TPSA) is 92.3 Å². The van der Waals surface area contributed by atoms with Gasteiger partial charge >= 0.3 is 0 Å². The lowest BCUT2D eigenvalue weighted by atomic mass is 10.0. The Morgan fingerprint density at radius 3 is 2.56 bits per heavy atom. The number of carbonyl (C=O) groups is 2. The second kappa shape index (κ2) is 10.3. The van der Waals surface area contributed by atoms with Gasteiger partial charge in [-0.05, 0) is 51.3 Å². The normalized spacial score (nSPS) is 27.5. The van der Waals surface area contributed by atoms with Gasteiger partial charge in [0, 0.05) is 19.2 Å². The molecule has 1 fully saturated rings. The molecule has 0 radical (unpaired) electrons. The van der Waals surface area contributed by atoms with Crippen LogP contribution in [0.4, 0.5) is 0 Å². The first-order chi connectivity index (χ1) is 15.2. The zero-order chi connectivity index (χ0) is 23.3. The first-order valence-corrected chi connectivity index (χ1v) is 10.6. The Kier molecular flexibility index (Phi) is 7.71. The molecule has 174 valence electrons. The van der Waals surface area contributed by atoms with Gasteiger partial charge in [0.05, 0.1) is 18.8 Å². The van der Waals surface area contributed by atoms with Gasteiger partial charge in [-0.15, -0.1) is 0 Å². The Morgan fingerprint density at radius 2 is 1.84 bits per heavy atom. The smallest absolute Gasteiger partial charge is 0.255 e. The maximum atomic E-state index is 13.2. The third-order valence-corrected chi connectivity index (χ3v) is 5.18. The summed E-state index contributed by atoms with van der Waals surface area (Å²) in [6.07, 6.45) is 6.70. The van der Waals surface area contributed by atoms with Crippen molar-refractivity contribution in [2.75, 3.05) is 21.0 Å². The van der Waals surface area contributed by atoms with Crippen molar-refractivity contribution in [1.82, 2.24) is 5.32 Å². The minimum Gasteiger partial charge on any atom is -0.497 e. The number of carbonyl (C=O) groups excluding carboxylic acids is 2. The van der Waals surface area contributed by atoms with Crippen molar-refractivity contribution in [1.29, 1.82) is 0 Å². The molecule has 1 amide bonds. The van der Waals surface area contributed by atoms with E-state index in [0.717, 1.165) is 0 Å². The molecule has 2 aliphatic heterocycles. The predicted molar refractivity (Wildman–Crippen MR) is 119 cm³/mol. The lowest BCUT2D eigenvalue weighted by molar-refractivity contribution is -0.152. The predicted octanol–water partition coefficient (Wildman–Crippen LogP) is 3.25. The number of nitrogens with one attached hydrogen (secondary N) is 1. The van der Waals surface area contributed by atoms with Crippen molar-refractivity contribution >= 4 is 17.8 Å². The van der Waals surface area contributed by atoms with Crippen LogP contribution in [0.2, 0.25) is 0 Å². The van der Waals surface area contributed by atoms with E-state index in [9.17, 15) is 9.59 Å². The summed E-state index contributed by atoms with van der Waals surface area (Å²) in [5, 5.41) is 2.97. The van der Waals surface area contributed by atoms with Gasteiger partial charge in [-0.3, -0.25) is 9.59 Å². The average Bonchev–Trinajstić information content (AvgIpc) is 3.05. The highest BCUT2D eigenvalue weighted by Gasteiger charge is 2.43. The summed E-state index contributed by atoms with van der Waals surface area (Å²) in [5.41, 5.74) is 0.998. The molecule has 1 aromatic rings. The number of fused-ring (bicyclic) bond motifs is 2.